The number of rotatable bonds is 5. The van der Waals surface area contributed by atoms with Gasteiger partial charge in [-0.05, 0) is 51.0 Å². The molecule has 3 rings (SSSR count). The Hall–Kier alpha value is -3.26. The van der Waals surface area contributed by atoms with Gasteiger partial charge in [0, 0.05) is 24.1 Å². The minimum Gasteiger partial charge on any atom is -0.444 e. The molecule has 0 aliphatic carbocycles. The van der Waals surface area contributed by atoms with E-state index in [9.17, 15) is 14.9 Å². The Morgan fingerprint density at radius 2 is 2.00 bits per heavy atom. The van der Waals surface area contributed by atoms with E-state index < -0.39 is 16.6 Å². The number of nitrogens with one attached hydrogen (secondary N) is 1. The van der Waals surface area contributed by atoms with Gasteiger partial charge in [-0.25, -0.2) is 9.78 Å². The Bertz CT molecular complexity index is 1110. The molecule has 30 heavy (non-hydrogen) atoms. The van der Waals surface area contributed by atoms with Crippen molar-refractivity contribution in [2.75, 3.05) is 5.32 Å². The van der Waals surface area contributed by atoms with Gasteiger partial charge in [-0.2, -0.15) is 0 Å². The number of fused-ring (bicyclic) bond motifs is 1. The standard InChI is InChI=1S/C21H21ClN4O4/c1-21(2,3)30-20(27)25-17-12-18(22)24-16(19(17)26(28)29)9-7-13-6-8-15-14(11-13)5-4-10-23-15/h4-6,8,10-12H,7,9H2,1-3H3,(H,24,25,27). The van der Waals surface area contributed by atoms with Crippen molar-refractivity contribution in [1.29, 1.82) is 0 Å². The van der Waals surface area contributed by atoms with Crippen molar-refractivity contribution in [2.45, 2.75) is 39.2 Å². The van der Waals surface area contributed by atoms with Gasteiger partial charge >= 0.3 is 11.8 Å². The van der Waals surface area contributed by atoms with Crippen LogP contribution in [0.3, 0.4) is 0 Å². The Morgan fingerprint density at radius 1 is 1.23 bits per heavy atom. The summed E-state index contributed by atoms with van der Waals surface area (Å²) >= 11 is 6.07. The van der Waals surface area contributed by atoms with Crippen LogP contribution in [0.15, 0.2) is 42.6 Å². The summed E-state index contributed by atoms with van der Waals surface area (Å²) in [5.41, 5.74) is 0.943. The lowest BCUT2D eigenvalue weighted by atomic mass is 10.0. The molecule has 0 fully saturated rings. The summed E-state index contributed by atoms with van der Waals surface area (Å²) < 4.78 is 5.18. The first-order valence-corrected chi connectivity index (χ1v) is 9.67. The first-order chi connectivity index (χ1) is 14.1. The molecule has 2 aromatic heterocycles. The van der Waals surface area contributed by atoms with E-state index in [1.54, 1.807) is 27.0 Å². The zero-order valence-electron chi connectivity index (χ0n) is 16.8. The lowest BCUT2D eigenvalue weighted by Crippen LogP contribution is -2.27. The van der Waals surface area contributed by atoms with Gasteiger partial charge in [0.15, 0.2) is 0 Å². The van der Waals surface area contributed by atoms with Crippen LogP contribution in [-0.4, -0.2) is 26.6 Å². The van der Waals surface area contributed by atoms with Gasteiger partial charge in [0.25, 0.3) is 0 Å². The normalized spacial score (nSPS) is 11.3. The second kappa shape index (κ2) is 8.62. The molecule has 156 valence electrons. The molecular formula is C21H21ClN4O4. The first-order valence-electron chi connectivity index (χ1n) is 9.30. The van der Waals surface area contributed by atoms with Crippen LogP contribution < -0.4 is 5.32 Å². The van der Waals surface area contributed by atoms with Crippen LogP contribution >= 0.6 is 11.6 Å². The minimum atomic E-state index is -0.805. The quantitative estimate of drug-likeness (QED) is 0.334. The molecule has 8 nitrogen and oxygen atoms in total. The molecule has 0 saturated carbocycles. The molecule has 0 radical (unpaired) electrons. The number of nitrogens with zero attached hydrogens (tertiary/aromatic N) is 3. The largest absolute Gasteiger partial charge is 0.444 e. The molecule has 9 heteroatoms. The third-order valence-corrected chi connectivity index (χ3v) is 4.36. The number of aromatic nitrogens is 2. The molecule has 1 amide bonds. The molecule has 1 aromatic carbocycles. The van der Waals surface area contributed by atoms with E-state index in [0.29, 0.717) is 6.42 Å². The fraction of sp³-hybridized carbons (Fsp3) is 0.286. The van der Waals surface area contributed by atoms with Gasteiger partial charge in [-0.1, -0.05) is 23.7 Å². The monoisotopic (exact) mass is 428 g/mol. The predicted molar refractivity (Wildman–Crippen MR) is 115 cm³/mol. The van der Waals surface area contributed by atoms with Gasteiger partial charge in [0.2, 0.25) is 0 Å². The fourth-order valence-electron chi connectivity index (χ4n) is 2.99. The molecule has 0 saturated heterocycles. The number of amides is 1. The Kier molecular flexibility index (Phi) is 6.17. The number of ether oxygens (including phenoxy) is 1. The number of benzene rings is 1. The van der Waals surface area contributed by atoms with E-state index in [4.69, 9.17) is 16.3 Å². The van der Waals surface area contributed by atoms with Crippen molar-refractivity contribution in [1.82, 2.24) is 9.97 Å². The molecule has 0 aliphatic heterocycles. The number of aryl methyl sites for hydroxylation is 2. The van der Waals surface area contributed by atoms with E-state index in [2.05, 4.69) is 15.3 Å². The molecule has 0 atom stereocenters. The van der Waals surface area contributed by atoms with Gasteiger partial charge < -0.3 is 4.74 Å². The van der Waals surface area contributed by atoms with Crippen LogP contribution in [0.2, 0.25) is 5.15 Å². The maximum atomic E-state index is 12.1. The number of hydrogen-bond donors (Lipinski definition) is 1. The van der Waals surface area contributed by atoms with Crippen LogP contribution in [0.5, 0.6) is 0 Å². The van der Waals surface area contributed by atoms with E-state index >= 15 is 0 Å². The van der Waals surface area contributed by atoms with Crippen LogP contribution in [0.25, 0.3) is 10.9 Å². The maximum Gasteiger partial charge on any atom is 0.412 e. The molecule has 1 N–H and O–H groups in total. The number of halogens is 1. The maximum absolute atomic E-state index is 12.1. The van der Waals surface area contributed by atoms with Crippen molar-refractivity contribution in [3.8, 4) is 0 Å². The van der Waals surface area contributed by atoms with Gasteiger partial charge in [0.1, 0.15) is 22.1 Å². The lowest BCUT2D eigenvalue weighted by Gasteiger charge is -2.19. The van der Waals surface area contributed by atoms with Crippen molar-refractivity contribution in [3.63, 3.8) is 0 Å². The van der Waals surface area contributed by atoms with E-state index in [1.165, 1.54) is 6.07 Å². The Morgan fingerprint density at radius 3 is 2.70 bits per heavy atom. The average Bonchev–Trinajstić information content (AvgIpc) is 2.64. The Balaban J connectivity index is 1.86. The molecule has 0 aliphatic rings. The average molecular weight is 429 g/mol. The van der Waals surface area contributed by atoms with Crippen molar-refractivity contribution < 1.29 is 14.5 Å². The highest BCUT2D eigenvalue weighted by Gasteiger charge is 2.26. The molecule has 2 heterocycles. The highest BCUT2D eigenvalue weighted by molar-refractivity contribution is 6.29. The summed E-state index contributed by atoms with van der Waals surface area (Å²) in [5, 5.41) is 15.2. The summed E-state index contributed by atoms with van der Waals surface area (Å²) in [6.07, 6.45) is 1.69. The second-order valence-corrected chi connectivity index (χ2v) is 8.09. The van der Waals surface area contributed by atoms with E-state index in [0.717, 1.165) is 16.5 Å². The highest BCUT2D eigenvalue weighted by atomic mass is 35.5. The molecule has 0 bridgehead atoms. The van der Waals surface area contributed by atoms with Gasteiger partial charge in [-0.3, -0.25) is 20.4 Å². The van der Waals surface area contributed by atoms with Crippen LogP contribution in [-0.2, 0) is 17.6 Å². The lowest BCUT2D eigenvalue weighted by molar-refractivity contribution is -0.385. The molecule has 0 unspecified atom stereocenters. The van der Waals surface area contributed by atoms with Crippen LogP contribution in [0.1, 0.15) is 32.0 Å². The summed E-state index contributed by atoms with van der Waals surface area (Å²) in [6, 6.07) is 10.9. The van der Waals surface area contributed by atoms with Crippen LogP contribution in [0, 0.1) is 10.1 Å². The molecule has 3 aromatic rings. The first kappa shape index (κ1) is 21.4. The summed E-state index contributed by atoms with van der Waals surface area (Å²) in [4.78, 5) is 31.7. The van der Waals surface area contributed by atoms with Crippen molar-refractivity contribution in [2.24, 2.45) is 0 Å². The summed E-state index contributed by atoms with van der Waals surface area (Å²) in [6.45, 7) is 5.10. The van der Waals surface area contributed by atoms with Crippen LogP contribution in [0.4, 0.5) is 16.2 Å². The summed E-state index contributed by atoms with van der Waals surface area (Å²) in [5.74, 6) is 0. The number of carbonyl (C=O) groups is 1. The predicted octanol–water partition coefficient (Wildman–Crippen LogP) is 5.32. The van der Waals surface area contributed by atoms with Gasteiger partial charge in [0.05, 0.1) is 10.4 Å². The number of hydrogen-bond acceptors (Lipinski definition) is 6. The van der Waals surface area contributed by atoms with Crippen molar-refractivity contribution in [3.05, 3.63) is 69.1 Å². The molecular weight excluding hydrogens is 408 g/mol. The van der Waals surface area contributed by atoms with E-state index in [-0.39, 0.29) is 28.6 Å². The van der Waals surface area contributed by atoms with E-state index in [1.807, 2.05) is 30.3 Å². The highest BCUT2D eigenvalue weighted by Crippen LogP contribution is 2.31. The molecule has 0 spiro atoms. The Labute approximate surface area is 178 Å². The second-order valence-electron chi connectivity index (χ2n) is 7.70. The number of anilines is 1. The van der Waals surface area contributed by atoms with Crippen molar-refractivity contribution >= 4 is 40.0 Å². The fourth-order valence-corrected chi connectivity index (χ4v) is 3.20. The zero-order chi connectivity index (χ0) is 21.9. The third-order valence-electron chi connectivity index (χ3n) is 4.17. The summed E-state index contributed by atoms with van der Waals surface area (Å²) in [7, 11) is 0. The van der Waals surface area contributed by atoms with Gasteiger partial charge in [-0.15, -0.1) is 0 Å². The topological polar surface area (TPSA) is 107 Å². The zero-order valence-corrected chi connectivity index (χ0v) is 17.6. The number of carbonyl (C=O) groups excluding carboxylic acids is 1. The smallest absolute Gasteiger partial charge is 0.412 e. The number of nitro groups is 1. The number of pyridine rings is 2. The SMILES string of the molecule is CC(C)(C)OC(=O)Nc1cc(Cl)nc(CCc2ccc3ncccc3c2)c1[N+](=O)[O-]. The minimum absolute atomic E-state index is 0.0457. The third kappa shape index (κ3) is 5.42.